The fourth-order valence-electron chi connectivity index (χ4n) is 3.22. The fourth-order valence-corrected chi connectivity index (χ4v) is 3.83. The molecule has 0 bridgehead atoms. The fraction of sp³-hybridized carbons (Fsp3) is 0.300. The predicted molar refractivity (Wildman–Crippen MR) is 113 cm³/mol. The van der Waals surface area contributed by atoms with Gasteiger partial charge in [0.2, 0.25) is 10.6 Å². The van der Waals surface area contributed by atoms with Crippen LogP contribution in [0.15, 0.2) is 48.8 Å². The van der Waals surface area contributed by atoms with Crippen LogP contribution in [0.1, 0.15) is 18.9 Å². The first kappa shape index (κ1) is 20.4. The van der Waals surface area contributed by atoms with Gasteiger partial charge in [0.25, 0.3) is 0 Å². The maximum absolute atomic E-state index is 6.65. The average molecular weight is 452 g/mol. The lowest BCUT2D eigenvalue weighted by Gasteiger charge is -2.40. The Hall–Kier alpha value is -1.90. The second-order valence-corrected chi connectivity index (χ2v) is 7.98. The summed E-state index contributed by atoms with van der Waals surface area (Å²) < 4.78 is 20.4. The summed E-state index contributed by atoms with van der Waals surface area (Å²) >= 11 is 17.8. The molecule has 6 nitrogen and oxygen atoms in total. The van der Waals surface area contributed by atoms with E-state index in [-0.39, 0.29) is 6.10 Å². The molecule has 2 heterocycles. The largest absolute Gasteiger partial charge is 0.457 e. The Morgan fingerprint density at radius 1 is 1.24 bits per heavy atom. The van der Waals surface area contributed by atoms with E-state index in [9.17, 15) is 0 Å². The van der Waals surface area contributed by atoms with Gasteiger partial charge in [-0.2, -0.15) is 0 Å². The van der Waals surface area contributed by atoms with Crippen LogP contribution in [0.4, 0.5) is 0 Å². The van der Waals surface area contributed by atoms with Crippen LogP contribution in [-0.2, 0) is 21.8 Å². The summed E-state index contributed by atoms with van der Waals surface area (Å²) in [6, 6.07) is 12.5. The van der Waals surface area contributed by atoms with E-state index in [4.69, 9.17) is 49.6 Å². The molecule has 9 heteroatoms. The normalized spacial score (nSPS) is 21.8. The Morgan fingerprint density at radius 2 is 2.00 bits per heavy atom. The first-order chi connectivity index (χ1) is 13.9. The number of aromatic amines is 1. The van der Waals surface area contributed by atoms with E-state index < -0.39 is 5.79 Å². The summed E-state index contributed by atoms with van der Waals surface area (Å²) in [6.07, 6.45) is 2.33. The Bertz CT molecular complexity index is 1050. The highest BCUT2D eigenvalue weighted by Crippen LogP contribution is 2.40. The predicted octanol–water partition coefficient (Wildman–Crippen LogP) is 5.72. The summed E-state index contributed by atoms with van der Waals surface area (Å²) in [5.74, 6) is 0.173. The minimum atomic E-state index is -1.09. The van der Waals surface area contributed by atoms with E-state index in [0.717, 1.165) is 6.42 Å². The number of ether oxygens (including phenoxy) is 3. The molecule has 1 saturated heterocycles. The van der Waals surface area contributed by atoms with Gasteiger partial charge in [-0.25, -0.2) is 4.98 Å². The number of hydrogen-bond acceptors (Lipinski definition) is 5. The molecular formula is C20H19Cl2N3O3S. The average Bonchev–Trinajstić information content (AvgIpc) is 3.08. The van der Waals surface area contributed by atoms with Crippen molar-refractivity contribution in [1.82, 2.24) is 14.8 Å². The molecule has 0 saturated carbocycles. The third kappa shape index (κ3) is 4.49. The zero-order valence-electron chi connectivity index (χ0n) is 15.6. The zero-order chi connectivity index (χ0) is 20.4. The van der Waals surface area contributed by atoms with Gasteiger partial charge in [0, 0.05) is 10.6 Å². The molecule has 29 heavy (non-hydrogen) atoms. The van der Waals surface area contributed by atoms with Crippen molar-refractivity contribution in [2.24, 2.45) is 0 Å². The second-order valence-electron chi connectivity index (χ2n) is 6.77. The quantitative estimate of drug-likeness (QED) is 0.502. The van der Waals surface area contributed by atoms with E-state index in [2.05, 4.69) is 10.1 Å². The minimum Gasteiger partial charge on any atom is -0.457 e. The van der Waals surface area contributed by atoms with Gasteiger partial charge in [-0.3, -0.25) is 9.78 Å². The van der Waals surface area contributed by atoms with Crippen LogP contribution in [0.3, 0.4) is 0 Å². The molecule has 2 unspecified atom stereocenters. The summed E-state index contributed by atoms with van der Waals surface area (Å²) in [7, 11) is 0. The van der Waals surface area contributed by atoms with Gasteiger partial charge in [0.1, 0.15) is 24.4 Å². The lowest BCUT2D eigenvalue weighted by Crippen LogP contribution is -2.45. The van der Waals surface area contributed by atoms with Crippen molar-refractivity contribution < 1.29 is 14.2 Å². The summed E-state index contributed by atoms with van der Waals surface area (Å²) in [5, 5.41) is 4.11. The minimum absolute atomic E-state index is 0.00176. The molecule has 0 radical (unpaired) electrons. The number of nitrogens with zero attached hydrogens (tertiary/aromatic N) is 2. The standard InChI is InChI=1S/C20H19Cl2N3O3S/c1-13-8-9-26-20(28-13,11-25-19(29)23-12-24-25)17-7-6-16(10-18(17)22)27-15-4-2-14(21)3-5-15/h2-7,10,12-13H,8-9,11H2,1H3,(H,23,24,29). The monoisotopic (exact) mass is 451 g/mol. The Kier molecular flexibility index (Phi) is 5.94. The highest BCUT2D eigenvalue weighted by molar-refractivity contribution is 7.71. The maximum Gasteiger partial charge on any atom is 0.216 e. The summed E-state index contributed by atoms with van der Waals surface area (Å²) in [6.45, 7) is 2.85. The first-order valence-electron chi connectivity index (χ1n) is 9.11. The maximum atomic E-state index is 6.65. The molecule has 4 rings (SSSR count). The molecule has 0 spiro atoms. The van der Waals surface area contributed by atoms with Crippen LogP contribution >= 0.6 is 35.4 Å². The SMILES string of the molecule is CC1CCOC(Cn2[nH]cnc2=S)(c2ccc(Oc3ccc(Cl)cc3)cc2Cl)O1. The van der Waals surface area contributed by atoms with Gasteiger partial charge in [0.05, 0.1) is 17.7 Å². The van der Waals surface area contributed by atoms with Crippen molar-refractivity contribution in [3.8, 4) is 11.5 Å². The molecule has 0 amide bonds. The van der Waals surface area contributed by atoms with Gasteiger partial charge < -0.3 is 14.2 Å². The molecule has 2 aromatic carbocycles. The molecule has 1 aromatic heterocycles. The highest BCUT2D eigenvalue weighted by atomic mass is 35.5. The smallest absolute Gasteiger partial charge is 0.216 e. The Labute approximate surface area is 183 Å². The van der Waals surface area contributed by atoms with Gasteiger partial charge in [-0.05, 0) is 68.0 Å². The van der Waals surface area contributed by atoms with Gasteiger partial charge in [-0.15, -0.1) is 0 Å². The number of H-pyrrole nitrogens is 1. The molecule has 152 valence electrons. The number of aromatic nitrogens is 3. The van der Waals surface area contributed by atoms with Crippen molar-refractivity contribution in [3.63, 3.8) is 0 Å². The van der Waals surface area contributed by atoms with Crippen LogP contribution in [0, 0.1) is 4.77 Å². The van der Waals surface area contributed by atoms with Crippen LogP contribution in [0.25, 0.3) is 0 Å². The molecule has 1 fully saturated rings. The molecule has 2 atom stereocenters. The highest BCUT2D eigenvalue weighted by Gasteiger charge is 2.42. The van der Waals surface area contributed by atoms with Crippen LogP contribution < -0.4 is 4.74 Å². The number of hydrogen-bond donors (Lipinski definition) is 1. The van der Waals surface area contributed by atoms with Crippen LogP contribution in [0.2, 0.25) is 10.0 Å². The lowest BCUT2D eigenvalue weighted by molar-refractivity contribution is -0.307. The third-order valence-electron chi connectivity index (χ3n) is 4.64. The molecule has 1 aliphatic heterocycles. The summed E-state index contributed by atoms with van der Waals surface area (Å²) in [4.78, 5) is 4.06. The second kappa shape index (κ2) is 8.45. The van der Waals surface area contributed by atoms with Gasteiger partial charge >= 0.3 is 0 Å². The van der Waals surface area contributed by atoms with Crippen molar-refractivity contribution in [1.29, 1.82) is 0 Å². The molecule has 3 aromatic rings. The van der Waals surface area contributed by atoms with Crippen LogP contribution in [0.5, 0.6) is 11.5 Å². The molecule has 0 aliphatic carbocycles. The number of nitrogens with one attached hydrogen (secondary N) is 1. The number of benzene rings is 2. The number of halogens is 2. The van der Waals surface area contributed by atoms with E-state index in [1.807, 2.05) is 19.1 Å². The topological polar surface area (TPSA) is 61.3 Å². The van der Waals surface area contributed by atoms with E-state index >= 15 is 0 Å². The van der Waals surface area contributed by atoms with E-state index in [1.54, 1.807) is 35.0 Å². The summed E-state index contributed by atoms with van der Waals surface area (Å²) in [5.41, 5.74) is 0.700. The van der Waals surface area contributed by atoms with E-state index in [0.29, 0.717) is 45.0 Å². The van der Waals surface area contributed by atoms with Gasteiger partial charge in [0.15, 0.2) is 0 Å². The lowest BCUT2D eigenvalue weighted by atomic mass is 10.0. The molecule has 1 N–H and O–H groups in total. The van der Waals surface area contributed by atoms with Crippen molar-refractivity contribution in [2.45, 2.75) is 31.8 Å². The number of rotatable bonds is 5. The molecular weight excluding hydrogens is 433 g/mol. The first-order valence-corrected chi connectivity index (χ1v) is 10.3. The van der Waals surface area contributed by atoms with Gasteiger partial charge in [-0.1, -0.05) is 23.2 Å². The zero-order valence-corrected chi connectivity index (χ0v) is 17.9. The molecule has 1 aliphatic rings. The van der Waals surface area contributed by atoms with E-state index in [1.165, 1.54) is 6.33 Å². The van der Waals surface area contributed by atoms with Crippen molar-refractivity contribution in [3.05, 3.63) is 69.2 Å². The van der Waals surface area contributed by atoms with Crippen molar-refractivity contribution in [2.75, 3.05) is 6.61 Å². The van der Waals surface area contributed by atoms with Crippen LogP contribution in [-0.4, -0.2) is 27.5 Å². The van der Waals surface area contributed by atoms with Crippen molar-refractivity contribution >= 4 is 35.4 Å². The Balaban J connectivity index is 1.66. The third-order valence-corrected chi connectivity index (χ3v) is 5.53. The Morgan fingerprint density at radius 3 is 2.66 bits per heavy atom.